The third-order valence-corrected chi connectivity index (χ3v) is 5.09. The van der Waals surface area contributed by atoms with Crippen molar-refractivity contribution in [2.45, 2.75) is 38.6 Å². The van der Waals surface area contributed by atoms with Crippen molar-refractivity contribution >= 4 is 17.7 Å². The second-order valence-corrected chi connectivity index (χ2v) is 7.11. The number of methoxy groups -OCH3 is 1. The van der Waals surface area contributed by atoms with Crippen molar-refractivity contribution in [3.63, 3.8) is 0 Å². The predicted octanol–water partition coefficient (Wildman–Crippen LogP) is 4.59. The normalized spacial score (nSPS) is 11.9. The minimum atomic E-state index is -0.0912. The highest BCUT2D eigenvalue weighted by Gasteiger charge is 2.14. The highest BCUT2D eigenvalue weighted by molar-refractivity contribution is 8.00. The second-order valence-electron chi connectivity index (χ2n) is 6.09. The first-order valence-corrected chi connectivity index (χ1v) is 9.03. The van der Waals surface area contributed by atoms with Gasteiger partial charge in [-0.3, -0.25) is 4.79 Å². The van der Waals surface area contributed by atoms with Crippen LogP contribution in [0, 0.1) is 20.8 Å². The van der Waals surface area contributed by atoms with E-state index in [-0.39, 0.29) is 11.9 Å². The van der Waals surface area contributed by atoms with Gasteiger partial charge in [-0.25, -0.2) is 0 Å². The molecule has 24 heavy (non-hydrogen) atoms. The van der Waals surface area contributed by atoms with Crippen molar-refractivity contribution in [1.29, 1.82) is 0 Å². The minimum absolute atomic E-state index is 0.0250. The van der Waals surface area contributed by atoms with Gasteiger partial charge < -0.3 is 10.1 Å². The van der Waals surface area contributed by atoms with Crippen molar-refractivity contribution < 1.29 is 9.53 Å². The van der Waals surface area contributed by atoms with Crippen LogP contribution < -0.4 is 10.1 Å². The first-order chi connectivity index (χ1) is 11.4. The Morgan fingerprint density at radius 2 is 1.79 bits per heavy atom. The number of ether oxygens (including phenoxy) is 1. The molecule has 0 aromatic heterocycles. The van der Waals surface area contributed by atoms with Crippen LogP contribution in [0.3, 0.4) is 0 Å². The van der Waals surface area contributed by atoms with Gasteiger partial charge in [-0.05, 0) is 45.4 Å². The van der Waals surface area contributed by atoms with Crippen molar-refractivity contribution in [3.05, 3.63) is 58.7 Å². The molecule has 0 spiro atoms. The molecule has 4 heteroatoms. The van der Waals surface area contributed by atoms with Crippen LogP contribution in [0.4, 0.5) is 0 Å². The third-order valence-electron chi connectivity index (χ3n) is 3.93. The molecule has 0 saturated carbocycles. The molecule has 0 bridgehead atoms. The van der Waals surface area contributed by atoms with Gasteiger partial charge in [-0.1, -0.05) is 35.4 Å². The van der Waals surface area contributed by atoms with Gasteiger partial charge in [-0.15, -0.1) is 11.8 Å². The van der Waals surface area contributed by atoms with Gasteiger partial charge in [0.15, 0.2) is 0 Å². The van der Waals surface area contributed by atoms with E-state index in [2.05, 4.69) is 43.4 Å². The number of hydrogen-bond acceptors (Lipinski definition) is 3. The molecule has 0 fully saturated rings. The van der Waals surface area contributed by atoms with E-state index in [1.807, 2.05) is 26.0 Å². The average molecular weight is 343 g/mol. The number of benzene rings is 2. The first kappa shape index (κ1) is 18.4. The van der Waals surface area contributed by atoms with Crippen LogP contribution >= 0.6 is 11.8 Å². The van der Waals surface area contributed by atoms with Gasteiger partial charge in [0.2, 0.25) is 5.91 Å². The lowest BCUT2D eigenvalue weighted by atomic mass is 10.0. The number of aryl methyl sites for hydroxylation is 3. The Morgan fingerprint density at radius 1 is 1.12 bits per heavy atom. The van der Waals surface area contributed by atoms with Crippen molar-refractivity contribution in [2.75, 3.05) is 12.9 Å². The zero-order valence-corrected chi connectivity index (χ0v) is 15.8. The Kier molecular flexibility index (Phi) is 6.32. The maximum atomic E-state index is 12.3. The Balaban J connectivity index is 1.99. The summed E-state index contributed by atoms with van der Waals surface area (Å²) in [7, 11) is 1.65. The molecule has 2 rings (SSSR count). The summed E-state index contributed by atoms with van der Waals surface area (Å²) in [4.78, 5) is 13.5. The molecule has 2 aromatic rings. The van der Waals surface area contributed by atoms with E-state index in [9.17, 15) is 4.79 Å². The van der Waals surface area contributed by atoms with E-state index < -0.39 is 0 Å². The molecular formula is C20H25NO2S. The number of carbonyl (C=O) groups excluding carboxylic acids is 1. The summed E-state index contributed by atoms with van der Waals surface area (Å²) in [5.41, 5.74) is 4.56. The number of rotatable bonds is 6. The Hall–Kier alpha value is -1.94. The van der Waals surface area contributed by atoms with Crippen LogP contribution in [0.1, 0.15) is 35.2 Å². The third kappa shape index (κ3) is 4.78. The summed E-state index contributed by atoms with van der Waals surface area (Å²) in [5.74, 6) is 1.23. The quantitative estimate of drug-likeness (QED) is 0.780. The summed E-state index contributed by atoms with van der Waals surface area (Å²) in [5, 5.41) is 3.06. The zero-order chi connectivity index (χ0) is 17.7. The minimum Gasteiger partial charge on any atom is -0.496 e. The van der Waals surface area contributed by atoms with Gasteiger partial charge in [0.1, 0.15) is 5.75 Å². The fourth-order valence-corrected chi connectivity index (χ4v) is 3.49. The number of hydrogen-bond donors (Lipinski definition) is 1. The zero-order valence-electron chi connectivity index (χ0n) is 15.0. The topological polar surface area (TPSA) is 38.3 Å². The lowest BCUT2D eigenvalue weighted by molar-refractivity contribution is -0.119. The number of carbonyl (C=O) groups is 1. The Bertz CT molecular complexity index is 728. The number of thioether (sulfide) groups is 1. The van der Waals surface area contributed by atoms with E-state index >= 15 is 0 Å². The fourth-order valence-electron chi connectivity index (χ4n) is 2.56. The predicted molar refractivity (Wildman–Crippen MR) is 101 cm³/mol. The highest BCUT2D eigenvalue weighted by atomic mass is 32.2. The largest absolute Gasteiger partial charge is 0.496 e. The van der Waals surface area contributed by atoms with E-state index in [0.29, 0.717) is 5.75 Å². The Morgan fingerprint density at radius 3 is 2.50 bits per heavy atom. The molecule has 0 radical (unpaired) electrons. The SMILES string of the molecule is COc1ccc(C)cc1[C@@H](C)NC(=O)CSc1cc(C)ccc1C. The van der Waals surface area contributed by atoms with Gasteiger partial charge in [0, 0.05) is 10.5 Å². The monoisotopic (exact) mass is 343 g/mol. The molecule has 0 aliphatic carbocycles. The molecule has 3 nitrogen and oxygen atoms in total. The summed E-state index contributed by atoms with van der Waals surface area (Å²) < 4.78 is 5.40. The molecule has 0 heterocycles. The van der Waals surface area contributed by atoms with E-state index in [0.717, 1.165) is 21.8 Å². The lowest BCUT2D eigenvalue weighted by Crippen LogP contribution is -2.28. The molecule has 0 aliphatic heterocycles. The van der Waals surface area contributed by atoms with Gasteiger partial charge in [-0.2, -0.15) is 0 Å². The van der Waals surface area contributed by atoms with Gasteiger partial charge in [0.05, 0.1) is 18.9 Å². The number of amides is 1. The standard InChI is InChI=1S/C20H25NO2S/c1-13-7-9-18(23-5)17(10-13)16(4)21-20(22)12-24-19-11-14(2)6-8-15(19)3/h6-11,16H,12H2,1-5H3,(H,21,22)/t16-/m1/s1. The van der Waals surface area contributed by atoms with E-state index in [1.165, 1.54) is 11.1 Å². The summed E-state index contributed by atoms with van der Waals surface area (Å²) in [6.45, 7) is 8.15. The molecule has 1 N–H and O–H groups in total. The molecule has 0 unspecified atom stereocenters. The molecule has 1 amide bonds. The van der Waals surface area contributed by atoms with Crippen LogP contribution in [-0.2, 0) is 4.79 Å². The first-order valence-electron chi connectivity index (χ1n) is 8.04. The van der Waals surface area contributed by atoms with Crippen LogP contribution in [0.2, 0.25) is 0 Å². The van der Waals surface area contributed by atoms with Crippen molar-refractivity contribution in [1.82, 2.24) is 5.32 Å². The van der Waals surface area contributed by atoms with Gasteiger partial charge >= 0.3 is 0 Å². The smallest absolute Gasteiger partial charge is 0.230 e. The maximum absolute atomic E-state index is 12.3. The van der Waals surface area contributed by atoms with Crippen molar-refractivity contribution in [2.24, 2.45) is 0 Å². The van der Waals surface area contributed by atoms with E-state index in [4.69, 9.17) is 4.74 Å². The summed E-state index contributed by atoms with van der Waals surface area (Å²) in [6, 6.07) is 12.2. The maximum Gasteiger partial charge on any atom is 0.230 e. The molecular weight excluding hydrogens is 318 g/mol. The fraction of sp³-hybridized carbons (Fsp3) is 0.350. The molecule has 128 valence electrons. The molecule has 1 atom stereocenters. The average Bonchev–Trinajstić information content (AvgIpc) is 2.55. The van der Waals surface area contributed by atoms with Crippen LogP contribution in [-0.4, -0.2) is 18.8 Å². The molecule has 0 saturated heterocycles. The van der Waals surface area contributed by atoms with Gasteiger partial charge in [0.25, 0.3) is 0 Å². The van der Waals surface area contributed by atoms with Crippen LogP contribution in [0.15, 0.2) is 41.3 Å². The Labute approximate surface area is 148 Å². The summed E-state index contributed by atoms with van der Waals surface area (Å²) in [6.07, 6.45) is 0. The van der Waals surface area contributed by atoms with Crippen molar-refractivity contribution in [3.8, 4) is 5.75 Å². The molecule has 2 aromatic carbocycles. The molecule has 0 aliphatic rings. The summed E-state index contributed by atoms with van der Waals surface area (Å²) >= 11 is 1.58. The lowest BCUT2D eigenvalue weighted by Gasteiger charge is -2.18. The van der Waals surface area contributed by atoms with E-state index in [1.54, 1.807) is 18.9 Å². The second kappa shape index (κ2) is 8.25. The van der Waals surface area contributed by atoms with Crippen LogP contribution in [0.25, 0.3) is 0 Å². The van der Waals surface area contributed by atoms with Crippen LogP contribution in [0.5, 0.6) is 5.75 Å². The number of nitrogens with one attached hydrogen (secondary N) is 1. The highest BCUT2D eigenvalue weighted by Crippen LogP contribution is 2.27.